The maximum atomic E-state index is 6.04. The normalized spacial score (nSPS) is 32.3. The highest BCUT2D eigenvalue weighted by atomic mass is 15.3. The fourth-order valence-electron chi connectivity index (χ4n) is 4.45. The first-order chi connectivity index (χ1) is 10.1. The molecule has 3 heterocycles. The second-order valence-corrected chi connectivity index (χ2v) is 7.67. The predicted molar refractivity (Wildman–Crippen MR) is 88.5 cm³/mol. The van der Waals surface area contributed by atoms with E-state index < -0.39 is 0 Å². The fourth-order valence-corrected chi connectivity index (χ4v) is 4.45. The van der Waals surface area contributed by atoms with E-state index in [-0.39, 0.29) is 0 Å². The molecule has 0 radical (unpaired) electrons. The Labute approximate surface area is 130 Å². The van der Waals surface area contributed by atoms with Crippen LogP contribution in [-0.4, -0.2) is 78.1 Å². The quantitative estimate of drug-likeness (QED) is 0.852. The standard InChI is InChI=1S/C17H34N4/c1-14(2)19-10-5-16(6-11-19)21-12-7-17(13-21)20-8-3-15(18)4-9-20/h14-17H,3-13,18H2,1-2H3. The molecule has 0 spiro atoms. The summed E-state index contributed by atoms with van der Waals surface area (Å²) in [6.45, 7) is 12.3. The van der Waals surface area contributed by atoms with Crippen molar-refractivity contribution in [3.63, 3.8) is 0 Å². The number of hydrogen-bond acceptors (Lipinski definition) is 4. The number of hydrogen-bond donors (Lipinski definition) is 1. The van der Waals surface area contributed by atoms with Gasteiger partial charge >= 0.3 is 0 Å². The molecule has 21 heavy (non-hydrogen) atoms. The minimum atomic E-state index is 0.458. The molecule has 4 heteroatoms. The van der Waals surface area contributed by atoms with E-state index in [1.54, 1.807) is 0 Å². The zero-order valence-electron chi connectivity index (χ0n) is 14.0. The van der Waals surface area contributed by atoms with Crippen LogP contribution in [0.25, 0.3) is 0 Å². The monoisotopic (exact) mass is 294 g/mol. The van der Waals surface area contributed by atoms with E-state index >= 15 is 0 Å². The van der Waals surface area contributed by atoms with E-state index in [0.29, 0.717) is 6.04 Å². The number of nitrogens with two attached hydrogens (primary N) is 1. The van der Waals surface area contributed by atoms with E-state index in [4.69, 9.17) is 5.73 Å². The lowest BCUT2D eigenvalue weighted by atomic mass is 10.0. The Kier molecular flexibility index (Phi) is 5.20. The third-order valence-electron chi connectivity index (χ3n) is 6.03. The van der Waals surface area contributed by atoms with Gasteiger partial charge < -0.3 is 10.6 Å². The average Bonchev–Trinajstić information content (AvgIpc) is 2.98. The zero-order chi connectivity index (χ0) is 14.8. The van der Waals surface area contributed by atoms with Crippen LogP contribution in [0.2, 0.25) is 0 Å². The number of nitrogens with zero attached hydrogens (tertiary/aromatic N) is 3. The molecule has 1 unspecified atom stereocenters. The van der Waals surface area contributed by atoms with Crippen molar-refractivity contribution >= 4 is 0 Å². The first kappa shape index (κ1) is 15.7. The van der Waals surface area contributed by atoms with E-state index in [9.17, 15) is 0 Å². The molecule has 3 aliphatic rings. The lowest BCUT2D eigenvalue weighted by molar-refractivity contribution is 0.0953. The summed E-state index contributed by atoms with van der Waals surface area (Å²) in [5, 5.41) is 0. The highest BCUT2D eigenvalue weighted by molar-refractivity contribution is 4.91. The molecule has 3 rings (SSSR count). The number of piperidine rings is 2. The van der Waals surface area contributed by atoms with Gasteiger partial charge in [0.2, 0.25) is 0 Å². The summed E-state index contributed by atoms with van der Waals surface area (Å²) in [7, 11) is 0. The van der Waals surface area contributed by atoms with Gasteiger partial charge in [0.1, 0.15) is 0 Å². The summed E-state index contributed by atoms with van der Waals surface area (Å²) in [5.41, 5.74) is 6.04. The van der Waals surface area contributed by atoms with E-state index in [1.807, 2.05) is 0 Å². The maximum Gasteiger partial charge on any atom is 0.0235 e. The molecule has 3 aliphatic heterocycles. The Balaban J connectivity index is 1.45. The van der Waals surface area contributed by atoms with Crippen LogP contribution in [0.15, 0.2) is 0 Å². The molecular formula is C17H34N4. The van der Waals surface area contributed by atoms with Gasteiger partial charge in [-0.3, -0.25) is 9.80 Å². The molecule has 3 fully saturated rings. The van der Waals surface area contributed by atoms with Gasteiger partial charge in [0.05, 0.1) is 0 Å². The van der Waals surface area contributed by atoms with Gasteiger partial charge in [0.25, 0.3) is 0 Å². The lowest BCUT2D eigenvalue weighted by Gasteiger charge is -2.39. The largest absolute Gasteiger partial charge is 0.328 e. The van der Waals surface area contributed by atoms with Crippen LogP contribution in [0, 0.1) is 0 Å². The number of likely N-dealkylation sites (tertiary alicyclic amines) is 3. The zero-order valence-corrected chi connectivity index (χ0v) is 14.0. The van der Waals surface area contributed by atoms with Crippen molar-refractivity contribution in [3.8, 4) is 0 Å². The first-order valence-electron chi connectivity index (χ1n) is 9.11. The Morgan fingerprint density at radius 1 is 0.762 bits per heavy atom. The van der Waals surface area contributed by atoms with Gasteiger partial charge in [0, 0.05) is 37.3 Å². The molecule has 3 saturated heterocycles. The molecule has 0 aromatic rings. The molecule has 0 aromatic heterocycles. The third-order valence-corrected chi connectivity index (χ3v) is 6.03. The topological polar surface area (TPSA) is 35.7 Å². The van der Waals surface area contributed by atoms with E-state index in [2.05, 4.69) is 28.5 Å². The summed E-state index contributed by atoms with van der Waals surface area (Å²) in [4.78, 5) is 8.14. The van der Waals surface area contributed by atoms with Gasteiger partial charge in [0.15, 0.2) is 0 Å². The van der Waals surface area contributed by atoms with E-state index in [1.165, 1.54) is 71.4 Å². The molecule has 0 bridgehead atoms. The van der Waals surface area contributed by atoms with Crippen molar-refractivity contribution in [2.45, 2.75) is 70.1 Å². The summed E-state index contributed by atoms with van der Waals surface area (Å²) < 4.78 is 0. The van der Waals surface area contributed by atoms with Gasteiger partial charge in [-0.15, -0.1) is 0 Å². The van der Waals surface area contributed by atoms with Crippen LogP contribution in [0.4, 0.5) is 0 Å². The van der Waals surface area contributed by atoms with Crippen LogP contribution in [-0.2, 0) is 0 Å². The van der Waals surface area contributed by atoms with Crippen molar-refractivity contribution in [2.24, 2.45) is 5.73 Å². The Morgan fingerprint density at radius 3 is 1.95 bits per heavy atom. The smallest absolute Gasteiger partial charge is 0.0235 e. The van der Waals surface area contributed by atoms with Gasteiger partial charge in [-0.2, -0.15) is 0 Å². The molecular weight excluding hydrogens is 260 g/mol. The fraction of sp³-hybridized carbons (Fsp3) is 1.00. The predicted octanol–water partition coefficient (Wildman–Crippen LogP) is 1.36. The third kappa shape index (κ3) is 3.79. The van der Waals surface area contributed by atoms with Gasteiger partial charge in [-0.05, 0) is 72.1 Å². The van der Waals surface area contributed by atoms with Crippen LogP contribution >= 0.6 is 0 Å². The molecule has 2 N–H and O–H groups in total. The maximum absolute atomic E-state index is 6.04. The molecule has 1 atom stereocenters. The minimum absolute atomic E-state index is 0.458. The van der Waals surface area contributed by atoms with Crippen LogP contribution < -0.4 is 5.73 Å². The summed E-state index contributed by atoms with van der Waals surface area (Å²) >= 11 is 0. The van der Waals surface area contributed by atoms with Crippen molar-refractivity contribution in [1.29, 1.82) is 0 Å². The van der Waals surface area contributed by atoms with Gasteiger partial charge in [-0.25, -0.2) is 0 Å². The van der Waals surface area contributed by atoms with Crippen LogP contribution in [0.5, 0.6) is 0 Å². The molecule has 0 aromatic carbocycles. The lowest BCUT2D eigenvalue weighted by Crippen LogP contribution is -2.48. The van der Waals surface area contributed by atoms with Crippen molar-refractivity contribution < 1.29 is 0 Å². The summed E-state index contributed by atoms with van der Waals surface area (Å²) in [6, 6.07) is 2.83. The SMILES string of the molecule is CC(C)N1CCC(N2CCC(N3CCC(N)CC3)C2)CC1. The molecule has 0 saturated carbocycles. The Hall–Kier alpha value is -0.160. The van der Waals surface area contributed by atoms with Crippen molar-refractivity contribution in [3.05, 3.63) is 0 Å². The van der Waals surface area contributed by atoms with Crippen LogP contribution in [0.3, 0.4) is 0 Å². The minimum Gasteiger partial charge on any atom is -0.328 e. The average molecular weight is 294 g/mol. The Bertz CT molecular complexity index is 317. The highest BCUT2D eigenvalue weighted by Gasteiger charge is 2.34. The second kappa shape index (κ2) is 6.95. The summed E-state index contributed by atoms with van der Waals surface area (Å²) in [6.07, 6.45) is 6.51. The molecule has 122 valence electrons. The molecule has 4 nitrogen and oxygen atoms in total. The van der Waals surface area contributed by atoms with Crippen molar-refractivity contribution in [1.82, 2.24) is 14.7 Å². The highest BCUT2D eigenvalue weighted by Crippen LogP contribution is 2.25. The Morgan fingerprint density at radius 2 is 1.33 bits per heavy atom. The summed E-state index contributed by atoms with van der Waals surface area (Å²) in [5.74, 6) is 0. The van der Waals surface area contributed by atoms with Crippen molar-refractivity contribution in [2.75, 3.05) is 39.3 Å². The van der Waals surface area contributed by atoms with Gasteiger partial charge in [-0.1, -0.05) is 0 Å². The molecule has 0 aliphatic carbocycles. The number of rotatable bonds is 3. The van der Waals surface area contributed by atoms with E-state index in [0.717, 1.165) is 18.1 Å². The van der Waals surface area contributed by atoms with Crippen LogP contribution in [0.1, 0.15) is 46.0 Å². The second-order valence-electron chi connectivity index (χ2n) is 7.67. The first-order valence-corrected chi connectivity index (χ1v) is 9.11. The molecule has 0 amide bonds.